The zero-order valence-electron chi connectivity index (χ0n) is 11.2. The summed E-state index contributed by atoms with van der Waals surface area (Å²) in [5.74, 6) is 0.602. The topological polar surface area (TPSA) is 55.1 Å². The van der Waals surface area contributed by atoms with Crippen molar-refractivity contribution in [2.45, 2.75) is 45.6 Å². The van der Waals surface area contributed by atoms with Crippen molar-refractivity contribution < 1.29 is 4.79 Å². The van der Waals surface area contributed by atoms with Crippen LogP contribution >= 0.6 is 0 Å². The van der Waals surface area contributed by atoms with Crippen molar-refractivity contribution in [3.05, 3.63) is 29.3 Å². The third-order valence-corrected chi connectivity index (χ3v) is 3.77. The van der Waals surface area contributed by atoms with E-state index in [0.717, 1.165) is 24.9 Å². The maximum absolute atomic E-state index is 11.3. The summed E-state index contributed by atoms with van der Waals surface area (Å²) in [6, 6.07) is 6.28. The molecule has 0 spiro atoms. The van der Waals surface area contributed by atoms with Gasteiger partial charge in [-0.1, -0.05) is 32.4 Å². The number of rotatable bonds is 4. The Balaban J connectivity index is 2.18. The van der Waals surface area contributed by atoms with E-state index in [1.165, 1.54) is 11.1 Å². The molecular formula is C15H22N2O. The molecule has 18 heavy (non-hydrogen) atoms. The molecule has 1 aromatic rings. The highest BCUT2D eigenvalue weighted by molar-refractivity contribution is 5.93. The van der Waals surface area contributed by atoms with E-state index in [4.69, 9.17) is 5.73 Å². The van der Waals surface area contributed by atoms with Gasteiger partial charge in [0.15, 0.2) is 0 Å². The molecule has 98 valence electrons. The van der Waals surface area contributed by atoms with Crippen LogP contribution in [0.5, 0.6) is 0 Å². The van der Waals surface area contributed by atoms with E-state index in [9.17, 15) is 4.79 Å². The zero-order chi connectivity index (χ0) is 13.1. The Kier molecular flexibility index (Phi) is 4.02. The SMILES string of the molecule is CCCC(C)C(N)c1ccc2c(c1)CCC(=O)N2. The fourth-order valence-electron chi connectivity index (χ4n) is 2.57. The number of hydrogen-bond donors (Lipinski definition) is 2. The van der Waals surface area contributed by atoms with Gasteiger partial charge in [0.25, 0.3) is 0 Å². The van der Waals surface area contributed by atoms with Crippen LogP contribution in [0.3, 0.4) is 0 Å². The number of carbonyl (C=O) groups excluding carboxylic acids is 1. The van der Waals surface area contributed by atoms with Crippen molar-refractivity contribution in [3.8, 4) is 0 Å². The molecule has 1 aliphatic heterocycles. The highest BCUT2D eigenvalue weighted by atomic mass is 16.1. The predicted molar refractivity (Wildman–Crippen MR) is 74.4 cm³/mol. The van der Waals surface area contributed by atoms with E-state index in [1.54, 1.807) is 0 Å². The minimum atomic E-state index is 0.0906. The maximum atomic E-state index is 11.3. The second-order valence-electron chi connectivity index (χ2n) is 5.26. The van der Waals surface area contributed by atoms with Crippen LogP contribution in [0.25, 0.3) is 0 Å². The normalized spacial score (nSPS) is 17.8. The molecule has 0 saturated carbocycles. The Morgan fingerprint density at radius 2 is 2.17 bits per heavy atom. The first-order valence-corrected chi connectivity index (χ1v) is 6.80. The highest BCUT2D eigenvalue weighted by Crippen LogP contribution is 2.29. The van der Waals surface area contributed by atoms with Gasteiger partial charge in [-0.2, -0.15) is 0 Å². The summed E-state index contributed by atoms with van der Waals surface area (Å²) >= 11 is 0. The first kappa shape index (κ1) is 13.1. The summed E-state index contributed by atoms with van der Waals surface area (Å²) in [7, 11) is 0. The molecule has 0 saturated heterocycles. The molecule has 3 nitrogen and oxygen atoms in total. The van der Waals surface area contributed by atoms with Crippen LogP contribution < -0.4 is 11.1 Å². The van der Waals surface area contributed by atoms with Crippen LogP contribution in [0.4, 0.5) is 5.69 Å². The quantitative estimate of drug-likeness (QED) is 0.858. The number of carbonyl (C=O) groups is 1. The second kappa shape index (κ2) is 5.53. The van der Waals surface area contributed by atoms with Crippen molar-refractivity contribution in [3.63, 3.8) is 0 Å². The van der Waals surface area contributed by atoms with Crippen molar-refractivity contribution in [2.75, 3.05) is 5.32 Å². The number of aryl methyl sites for hydroxylation is 1. The van der Waals surface area contributed by atoms with Gasteiger partial charge in [-0.25, -0.2) is 0 Å². The fourth-order valence-corrected chi connectivity index (χ4v) is 2.57. The molecule has 2 atom stereocenters. The van der Waals surface area contributed by atoms with Crippen molar-refractivity contribution in [1.29, 1.82) is 0 Å². The summed E-state index contributed by atoms with van der Waals surface area (Å²) in [6.45, 7) is 4.39. The summed E-state index contributed by atoms with van der Waals surface area (Å²) in [4.78, 5) is 11.3. The first-order valence-electron chi connectivity index (χ1n) is 6.80. The smallest absolute Gasteiger partial charge is 0.224 e. The average Bonchev–Trinajstić information content (AvgIpc) is 2.37. The number of amides is 1. The average molecular weight is 246 g/mol. The van der Waals surface area contributed by atoms with Gasteiger partial charge >= 0.3 is 0 Å². The summed E-state index contributed by atoms with van der Waals surface area (Å²) in [5, 5.41) is 2.90. The van der Waals surface area contributed by atoms with Crippen LogP contribution in [0, 0.1) is 5.92 Å². The number of nitrogens with two attached hydrogens (primary N) is 1. The number of benzene rings is 1. The molecule has 2 unspecified atom stereocenters. The zero-order valence-corrected chi connectivity index (χ0v) is 11.2. The minimum absolute atomic E-state index is 0.0906. The monoisotopic (exact) mass is 246 g/mol. The van der Waals surface area contributed by atoms with Crippen molar-refractivity contribution in [1.82, 2.24) is 0 Å². The van der Waals surface area contributed by atoms with Gasteiger partial charge in [0, 0.05) is 18.2 Å². The Labute approximate surface area is 109 Å². The Hall–Kier alpha value is -1.35. The lowest BCUT2D eigenvalue weighted by Gasteiger charge is -2.23. The van der Waals surface area contributed by atoms with Gasteiger partial charge < -0.3 is 11.1 Å². The van der Waals surface area contributed by atoms with E-state index in [1.807, 2.05) is 12.1 Å². The highest BCUT2D eigenvalue weighted by Gasteiger charge is 2.18. The number of nitrogens with one attached hydrogen (secondary N) is 1. The number of fused-ring (bicyclic) bond motifs is 1. The molecule has 0 radical (unpaired) electrons. The van der Waals surface area contributed by atoms with Gasteiger partial charge in [0.1, 0.15) is 0 Å². The number of anilines is 1. The van der Waals surface area contributed by atoms with Gasteiger partial charge in [-0.15, -0.1) is 0 Å². The molecule has 2 rings (SSSR count). The molecular weight excluding hydrogens is 224 g/mol. The van der Waals surface area contributed by atoms with E-state index in [0.29, 0.717) is 12.3 Å². The van der Waals surface area contributed by atoms with Crippen LogP contribution in [-0.2, 0) is 11.2 Å². The van der Waals surface area contributed by atoms with Crippen LogP contribution in [0.1, 0.15) is 50.3 Å². The Morgan fingerprint density at radius 3 is 2.89 bits per heavy atom. The minimum Gasteiger partial charge on any atom is -0.326 e. The number of hydrogen-bond acceptors (Lipinski definition) is 2. The maximum Gasteiger partial charge on any atom is 0.224 e. The standard InChI is InChI=1S/C15H22N2O/c1-3-4-10(2)15(16)12-5-7-13-11(9-12)6-8-14(18)17-13/h5,7,9-10,15H,3-4,6,8,16H2,1-2H3,(H,17,18). The van der Waals surface area contributed by atoms with E-state index in [-0.39, 0.29) is 11.9 Å². The summed E-state index contributed by atoms with van der Waals surface area (Å²) in [5.41, 5.74) is 9.65. The van der Waals surface area contributed by atoms with Gasteiger partial charge in [0.2, 0.25) is 5.91 Å². The van der Waals surface area contributed by atoms with Crippen molar-refractivity contribution in [2.24, 2.45) is 11.7 Å². The summed E-state index contributed by atoms with van der Waals surface area (Å²) < 4.78 is 0. The molecule has 0 aliphatic carbocycles. The third-order valence-electron chi connectivity index (χ3n) is 3.77. The molecule has 0 fully saturated rings. The molecule has 1 heterocycles. The predicted octanol–water partition coefficient (Wildman–Crippen LogP) is 3.01. The lowest BCUT2D eigenvalue weighted by atomic mass is 9.89. The van der Waals surface area contributed by atoms with E-state index < -0.39 is 0 Å². The molecule has 3 heteroatoms. The van der Waals surface area contributed by atoms with Crippen LogP contribution in [-0.4, -0.2) is 5.91 Å². The van der Waals surface area contributed by atoms with Crippen molar-refractivity contribution >= 4 is 11.6 Å². The second-order valence-corrected chi connectivity index (χ2v) is 5.26. The molecule has 3 N–H and O–H groups in total. The Bertz CT molecular complexity index is 442. The Morgan fingerprint density at radius 1 is 1.39 bits per heavy atom. The molecule has 0 bridgehead atoms. The molecule has 0 aromatic heterocycles. The first-order chi connectivity index (χ1) is 8.61. The van der Waals surface area contributed by atoms with Gasteiger partial charge in [-0.3, -0.25) is 4.79 Å². The van der Waals surface area contributed by atoms with Crippen LogP contribution in [0.2, 0.25) is 0 Å². The van der Waals surface area contributed by atoms with Crippen LogP contribution in [0.15, 0.2) is 18.2 Å². The molecule has 1 amide bonds. The lowest BCUT2D eigenvalue weighted by Crippen LogP contribution is -2.22. The third kappa shape index (κ3) is 2.72. The van der Waals surface area contributed by atoms with Gasteiger partial charge in [-0.05, 0) is 36.0 Å². The molecule has 1 aliphatic rings. The lowest BCUT2D eigenvalue weighted by molar-refractivity contribution is -0.116. The molecule has 1 aromatic carbocycles. The summed E-state index contributed by atoms with van der Waals surface area (Å²) in [6.07, 6.45) is 3.71. The largest absolute Gasteiger partial charge is 0.326 e. The fraction of sp³-hybridized carbons (Fsp3) is 0.533. The van der Waals surface area contributed by atoms with E-state index >= 15 is 0 Å². The van der Waals surface area contributed by atoms with E-state index in [2.05, 4.69) is 25.2 Å². The van der Waals surface area contributed by atoms with Gasteiger partial charge in [0.05, 0.1) is 0 Å².